The Morgan fingerprint density at radius 3 is 2.68 bits per heavy atom. The molecule has 1 aromatic heterocycles. The van der Waals surface area contributed by atoms with Crippen molar-refractivity contribution in [2.24, 2.45) is 10.9 Å². The Labute approximate surface area is 133 Å². The van der Waals surface area contributed by atoms with Crippen LogP contribution in [-0.2, 0) is 6.54 Å². The zero-order valence-electron chi connectivity index (χ0n) is 14.0. The van der Waals surface area contributed by atoms with E-state index in [0.29, 0.717) is 18.2 Å². The van der Waals surface area contributed by atoms with Gasteiger partial charge in [-0.1, -0.05) is 39.5 Å². The lowest BCUT2D eigenvalue weighted by Gasteiger charge is -2.12. The number of rotatable bonds is 9. The summed E-state index contributed by atoms with van der Waals surface area (Å²) in [6.45, 7) is 5.75. The van der Waals surface area contributed by atoms with Crippen LogP contribution in [0, 0.1) is 11.7 Å². The predicted molar refractivity (Wildman–Crippen MR) is 90.3 cm³/mol. The Balaban J connectivity index is 2.14. The lowest BCUT2D eigenvalue weighted by Crippen LogP contribution is -2.37. The molecule has 0 fully saturated rings. The minimum Gasteiger partial charge on any atom is -0.356 e. The largest absolute Gasteiger partial charge is 0.356 e. The number of guanidine groups is 1. The Bertz CT molecular complexity index is 446. The van der Waals surface area contributed by atoms with Crippen LogP contribution in [0.1, 0.15) is 51.6 Å². The van der Waals surface area contributed by atoms with Crippen molar-refractivity contribution in [2.45, 2.75) is 52.5 Å². The third-order valence-electron chi connectivity index (χ3n) is 3.48. The summed E-state index contributed by atoms with van der Waals surface area (Å²) in [5.74, 6) is 1.19. The fourth-order valence-corrected chi connectivity index (χ4v) is 2.17. The standard InChI is InChI=1S/C17H29FN4/c1-14(2)9-6-4-5-7-11-21-17(19-3)22-13-16-15(18)10-8-12-20-16/h8,10,12,14H,4-7,9,11,13H2,1-3H3,(H2,19,21,22). The molecule has 0 aliphatic heterocycles. The molecule has 0 unspecified atom stereocenters. The summed E-state index contributed by atoms with van der Waals surface area (Å²) in [5.41, 5.74) is 0.402. The van der Waals surface area contributed by atoms with Gasteiger partial charge < -0.3 is 10.6 Å². The van der Waals surface area contributed by atoms with Gasteiger partial charge in [0.25, 0.3) is 0 Å². The number of aliphatic imine (C=N–C) groups is 1. The van der Waals surface area contributed by atoms with Gasteiger partial charge in [0.15, 0.2) is 5.96 Å². The molecule has 1 heterocycles. The van der Waals surface area contributed by atoms with Crippen molar-refractivity contribution in [2.75, 3.05) is 13.6 Å². The molecule has 0 aromatic carbocycles. The zero-order chi connectivity index (χ0) is 16.2. The monoisotopic (exact) mass is 308 g/mol. The first kappa shape index (κ1) is 18.4. The second-order valence-corrected chi connectivity index (χ2v) is 5.88. The summed E-state index contributed by atoms with van der Waals surface area (Å²) < 4.78 is 13.5. The summed E-state index contributed by atoms with van der Waals surface area (Å²) in [5, 5.41) is 6.33. The molecule has 0 atom stereocenters. The molecule has 2 N–H and O–H groups in total. The molecule has 22 heavy (non-hydrogen) atoms. The van der Waals surface area contributed by atoms with Gasteiger partial charge in [0.2, 0.25) is 0 Å². The third kappa shape index (κ3) is 7.96. The fraction of sp³-hybridized carbons (Fsp3) is 0.647. The van der Waals surface area contributed by atoms with Crippen molar-refractivity contribution in [3.63, 3.8) is 0 Å². The fourth-order valence-electron chi connectivity index (χ4n) is 2.17. The van der Waals surface area contributed by atoms with E-state index >= 15 is 0 Å². The second-order valence-electron chi connectivity index (χ2n) is 5.88. The zero-order valence-corrected chi connectivity index (χ0v) is 14.0. The third-order valence-corrected chi connectivity index (χ3v) is 3.48. The topological polar surface area (TPSA) is 49.3 Å². The van der Waals surface area contributed by atoms with Crippen LogP contribution in [0.4, 0.5) is 4.39 Å². The first-order valence-corrected chi connectivity index (χ1v) is 8.17. The van der Waals surface area contributed by atoms with Gasteiger partial charge in [0.05, 0.1) is 12.2 Å². The Morgan fingerprint density at radius 1 is 1.23 bits per heavy atom. The highest BCUT2D eigenvalue weighted by Crippen LogP contribution is 2.08. The van der Waals surface area contributed by atoms with Gasteiger partial charge in [0.1, 0.15) is 5.82 Å². The summed E-state index contributed by atoms with van der Waals surface area (Å²) in [6, 6.07) is 3.00. The number of halogens is 1. The number of hydrogen-bond donors (Lipinski definition) is 2. The van der Waals surface area contributed by atoms with Crippen molar-refractivity contribution in [1.29, 1.82) is 0 Å². The van der Waals surface area contributed by atoms with Crippen LogP contribution in [0.5, 0.6) is 0 Å². The van der Waals surface area contributed by atoms with E-state index in [9.17, 15) is 4.39 Å². The highest BCUT2D eigenvalue weighted by Gasteiger charge is 2.03. The van der Waals surface area contributed by atoms with Crippen LogP contribution in [0.2, 0.25) is 0 Å². The lowest BCUT2D eigenvalue weighted by molar-refractivity contribution is 0.518. The van der Waals surface area contributed by atoms with Crippen molar-refractivity contribution in [3.8, 4) is 0 Å². The minimum absolute atomic E-state index is 0.296. The first-order valence-electron chi connectivity index (χ1n) is 8.17. The highest BCUT2D eigenvalue weighted by molar-refractivity contribution is 5.79. The number of hydrogen-bond acceptors (Lipinski definition) is 2. The van der Waals surface area contributed by atoms with E-state index in [0.717, 1.165) is 18.9 Å². The molecule has 0 bridgehead atoms. The van der Waals surface area contributed by atoms with Gasteiger partial charge in [-0.25, -0.2) is 4.39 Å². The smallest absolute Gasteiger partial charge is 0.191 e. The van der Waals surface area contributed by atoms with Crippen molar-refractivity contribution >= 4 is 5.96 Å². The van der Waals surface area contributed by atoms with Gasteiger partial charge >= 0.3 is 0 Å². The Morgan fingerprint density at radius 2 is 2.00 bits per heavy atom. The molecule has 124 valence electrons. The first-order chi connectivity index (χ1) is 10.6. The second kappa shape index (κ2) is 11.0. The lowest BCUT2D eigenvalue weighted by atomic mass is 10.0. The highest BCUT2D eigenvalue weighted by atomic mass is 19.1. The van der Waals surface area contributed by atoms with Crippen LogP contribution in [-0.4, -0.2) is 24.5 Å². The van der Waals surface area contributed by atoms with Crippen LogP contribution in [0.25, 0.3) is 0 Å². The van der Waals surface area contributed by atoms with E-state index in [1.807, 2.05) is 0 Å². The maximum absolute atomic E-state index is 13.5. The average molecular weight is 308 g/mol. The van der Waals surface area contributed by atoms with Gasteiger partial charge in [-0.15, -0.1) is 0 Å². The molecular weight excluding hydrogens is 279 g/mol. The summed E-state index contributed by atoms with van der Waals surface area (Å²) in [6.07, 6.45) is 7.84. The van der Waals surface area contributed by atoms with E-state index in [-0.39, 0.29) is 5.82 Å². The van der Waals surface area contributed by atoms with Crippen molar-refractivity contribution < 1.29 is 4.39 Å². The summed E-state index contributed by atoms with van der Waals surface area (Å²) >= 11 is 0. The van der Waals surface area contributed by atoms with Crippen LogP contribution < -0.4 is 10.6 Å². The molecule has 4 nitrogen and oxygen atoms in total. The molecular formula is C17H29FN4. The summed E-state index contributed by atoms with van der Waals surface area (Å²) in [7, 11) is 1.72. The van der Waals surface area contributed by atoms with Crippen LogP contribution in [0.3, 0.4) is 0 Å². The Hall–Kier alpha value is -1.65. The quantitative estimate of drug-likeness (QED) is 0.417. The number of pyridine rings is 1. The maximum Gasteiger partial charge on any atom is 0.191 e. The molecule has 0 spiro atoms. The average Bonchev–Trinajstić information content (AvgIpc) is 2.50. The van der Waals surface area contributed by atoms with E-state index < -0.39 is 0 Å². The number of aromatic nitrogens is 1. The SMILES string of the molecule is CN=C(NCCCCCCC(C)C)NCc1ncccc1F. The van der Waals surface area contributed by atoms with Gasteiger partial charge in [0, 0.05) is 19.8 Å². The van der Waals surface area contributed by atoms with Crippen LogP contribution >= 0.6 is 0 Å². The Kier molecular flexibility index (Phi) is 9.19. The molecule has 1 rings (SSSR count). The number of nitrogens with zero attached hydrogens (tertiary/aromatic N) is 2. The van der Waals surface area contributed by atoms with E-state index in [1.54, 1.807) is 19.3 Å². The van der Waals surface area contributed by atoms with Gasteiger partial charge in [-0.2, -0.15) is 0 Å². The van der Waals surface area contributed by atoms with Gasteiger partial charge in [-0.05, 0) is 24.5 Å². The van der Waals surface area contributed by atoms with Gasteiger partial charge in [-0.3, -0.25) is 9.98 Å². The molecule has 0 radical (unpaired) electrons. The normalized spacial score (nSPS) is 11.8. The molecule has 0 aliphatic carbocycles. The molecule has 0 saturated heterocycles. The number of nitrogens with one attached hydrogen (secondary N) is 2. The molecule has 1 aromatic rings. The van der Waals surface area contributed by atoms with Crippen molar-refractivity contribution in [1.82, 2.24) is 15.6 Å². The molecule has 0 amide bonds. The van der Waals surface area contributed by atoms with Crippen LogP contribution in [0.15, 0.2) is 23.3 Å². The van der Waals surface area contributed by atoms with Crippen molar-refractivity contribution in [3.05, 3.63) is 29.8 Å². The number of unbranched alkanes of at least 4 members (excludes halogenated alkanes) is 3. The minimum atomic E-state index is -0.296. The van der Waals surface area contributed by atoms with E-state index in [2.05, 4.69) is 34.5 Å². The van der Waals surface area contributed by atoms with E-state index in [4.69, 9.17) is 0 Å². The van der Waals surface area contributed by atoms with E-state index in [1.165, 1.54) is 31.7 Å². The predicted octanol–water partition coefficient (Wildman–Crippen LogP) is 3.49. The maximum atomic E-state index is 13.5. The summed E-state index contributed by atoms with van der Waals surface area (Å²) in [4.78, 5) is 8.14. The molecule has 0 saturated carbocycles. The molecule has 5 heteroatoms. The molecule has 0 aliphatic rings.